The van der Waals surface area contributed by atoms with E-state index < -0.39 is 10.2 Å². The van der Waals surface area contributed by atoms with Gasteiger partial charge in [0.1, 0.15) is 0 Å². The summed E-state index contributed by atoms with van der Waals surface area (Å²) < 4.78 is 27.0. The summed E-state index contributed by atoms with van der Waals surface area (Å²) in [6, 6.07) is 0. The summed E-state index contributed by atoms with van der Waals surface area (Å²) in [4.78, 5) is 16.7. The third-order valence-electron chi connectivity index (χ3n) is 5.00. The molecule has 1 amide bonds. The normalized spacial score (nSPS) is 22.7. The van der Waals surface area contributed by atoms with Crippen LogP contribution in [-0.4, -0.2) is 92.6 Å². The molecule has 2 heterocycles. The molecular formula is C15H30N4O3S. The van der Waals surface area contributed by atoms with Crippen molar-refractivity contribution >= 4 is 16.1 Å². The second kappa shape index (κ2) is 7.92. The maximum Gasteiger partial charge on any atom is 0.281 e. The average molecular weight is 346 g/mol. The van der Waals surface area contributed by atoms with E-state index in [1.54, 1.807) is 14.1 Å². The van der Waals surface area contributed by atoms with E-state index in [0.29, 0.717) is 25.4 Å². The zero-order chi connectivity index (χ0) is 17.0. The molecular weight excluding hydrogens is 316 g/mol. The first kappa shape index (κ1) is 18.6. The van der Waals surface area contributed by atoms with E-state index in [0.717, 1.165) is 45.6 Å². The van der Waals surface area contributed by atoms with Gasteiger partial charge in [-0.1, -0.05) is 6.92 Å². The zero-order valence-corrected chi connectivity index (χ0v) is 15.4. The molecule has 0 aliphatic carbocycles. The number of hydrogen-bond acceptors (Lipinski definition) is 4. The second-order valence-electron chi connectivity index (χ2n) is 6.65. The number of hydrogen-bond donors (Lipinski definition) is 0. The summed E-state index contributed by atoms with van der Waals surface area (Å²) >= 11 is 0. The number of carbonyl (C=O) groups excluding carboxylic acids is 1. The molecule has 0 saturated carbocycles. The maximum absolute atomic E-state index is 12.4. The summed E-state index contributed by atoms with van der Waals surface area (Å²) in [6.45, 7) is 7.78. The van der Waals surface area contributed by atoms with Gasteiger partial charge in [0.2, 0.25) is 5.91 Å². The quantitative estimate of drug-likeness (QED) is 0.706. The molecule has 0 aromatic heterocycles. The van der Waals surface area contributed by atoms with Crippen LogP contribution in [0.3, 0.4) is 0 Å². The topological polar surface area (TPSA) is 64.2 Å². The molecule has 7 nitrogen and oxygen atoms in total. The summed E-state index contributed by atoms with van der Waals surface area (Å²) in [6.07, 6.45) is 2.10. The molecule has 0 atom stereocenters. The van der Waals surface area contributed by atoms with Crippen LogP contribution in [0.15, 0.2) is 0 Å². The largest absolute Gasteiger partial charge is 0.340 e. The van der Waals surface area contributed by atoms with Gasteiger partial charge in [-0.2, -0.15) is 17.0 Å². The van der Waals surface area contributed by atoms with Gasteiger partial charge in [0, 0.05) is 59.8 Å². The number of rotatable bonds is 5. The van der Waals surface area contributed by atoms with E-state index in [4.69, 9.17) is 0 Å². The van der Waals surface area contributed by atoms with Gasteiger partial charge in [-0.3, -0.25) is 4.79 Å². The van der Waals surface area contributed by atoms with E-state index in [9.17, 15) is 13.2 Å². The van der Waals surface area contributed by atoms with Crippen LogP contribution < -0.4 is 0 Å². The number of amides is 1. The fourth-order valence-electron chi connectivity index (χ4n) is 3.26. The zero-order valence-electron chi connectivity index (χ0n) is 14.6. The van der Waals surface area contributed by atoms with Gasteiger partial charge in [0.15, 0.2) is 0 Å². The van der Waals surface area contributed by atoms with Crippen LogP contribution in [0.2, 0.25) is 0 Å². The fraction of sp³-hybridized carbons (Fsp3) is 0.933. The standard InChI is InChI=1S/C15H30N4O3S/c1-4-17-9-11-18(12-10-17)15(20)13-14-5-7-19(8-6-14)23(21,22)16(2)3/h14H,4-13H2,1-3H3. The van der Waals surface area contributed by atoms with Gasteiger partial charge in [-0.25, -0.2) is 0 Å². The molecule has 2 saturated heterocycles. The monoisotopic (exact) mass is 346 g/mol. The molecule has 0 N–H and O–H groups in total. The molecule has 0 bridgehead atoms. The Morgan fingerprint density at radius 3 is 2.09 bits per heavy atom. The Bertz CT molecular complexity index is 493. The lowest BCUT2D eigenvalue weighted by Gasteiger charge is -2.36. The van der Waals surface area contributed by atoms with Crippen molar-refractivity contribution in [3.8, 4) is 0 Å². The Labute approximate surface area is 140 Å². The SMILES string of the molecule is CCN1CCN(C(=O)CC2CCN(S(=O)(=O)N(C)C)CC2)CC1. The molecule has 8 heteroatoms. The molecule has 134 valence electrons. The second-order valence-corrected chi connectivity index (χ2v) is 8.79. The third-order valence-corrected chi connectivity index (χ3v) is 6.94. The highest BCUT2D eigenvalue weighted by molar-refractivity contribution is 7.86. The van der Waals surface area contributed by atoms with Crippen LogP contribution >= 0.6 is 0 Å². The van der Waals surface area contributed by atoms with Crippen molar-refractivity contribution < 1.29 is 13.2 Å². The van der Waals surface area contributed by atoms with Crippen LogP contribution in [0, 0.1) is 5.92 Å². The predicted molar refractivity (Wildman–Crippen MR) is 90.2 cm³/mol. The fourth-order valence-corrected chi connectivity index (χ4v) is 4.40. The lowest BCUT2D eigenvalue weighted by molar-refractivity contribution is -0.134. The Morgan fingerprint density at radius 2 is 1.61 bits per heavy atom. The van der Waals surface area contributed by atoms with Crippen molar-refractivity contribution in [3.63, 3.8) is 0 Å². The van der Waals surface area contributed by atoms with E-state index >= 15 is 0 Å². The van der Waals surface area contributed by atoms with Gasteiger partial charge in [0.05, 0.1) is 0 Å². The van der Waals surface area contributed by atoms with Crippen LogP contribution in [0.5, 0.6) is 0 Å². The van der Waals surface area contributed by atoms with Gasteiger partial charge in [-0.05, 0) is 25.3 Å². The van der Waals surface area contributed by atoms with E-state index in [2.05, 4.69) is 11.8 Å². The summed E-state index contributed by atoms with van der Waals surface area (Å²) in [5.41, 5.74) is 0. The van der Waals surface area contributed by atoms with E-state index in [-0.39, 0.29) is 5.91 Å². The van der Waals surface area contributed by atoms with Gasteiger partial charge in [-0.15, -0.1) is 0 Å². The highest BCUT2D eigenvalue weighted by atomic mass is 32.2. The Kier molecular flexibility index (Phi) is 6.41. The third kappa shape index (κ3) is 4.65. The first-order valence-electron chi connectivity index (χ1n) is 8.52. The molecule has 0 radical (unpaired) electrons. The van der Waals surface area contributed by atoms with Crippen molar-refractivity contribution in [2.24, 2.45) is 5.92 Å². The first-order valence-corrected chi connectivity index (χ1v) is 9.92. The van der Waals surface area contributed by atoms with Crippen LogP contribution in [-0.2, 0) is 15.0 Å². The van der Waals surface area contributed by atoms with Crippen molar-refractivity contribution in [2.45, 2.75) is 26.2 Å². The number of likely N-dealkylation sites (N-methyl/N-ethyl adjacent to an activating group) is 1. The number of piperidine rings is 1. The number of nitrogens with zero attached hydrogens (tertiary/aromatic N) is 4. The smallest absolute Gasteiger partial charge is 0.281 e. The highest BCUT2D eigenvalue weighted by Gasteiger charge is 2.31. The minimum Gasteiger partial charge on any atom is -0.340 e. The number of piperazine rings is 1. The lowest BCUT2D eigenvalue weighted by atomic mass is 9.94. The Balaban J connectivity index is 1.77. The van der Waals surface area contributed by atoms with Gasteiger partial charge >= 0.3 is 0 Å². The Hall–Kier alpha value is -0.700. The molecule has 2 rings (SSSR count). The minimum atomic E-state index is -3.32. The predicted octanol–water partition coefficient (Wildman–Crippen LogP) is 0.0590. The van der Waals surface area contributed by atoms with Gasteiger partial charge in [0.25, 0.3) is 10.2 Å². The molecule has 0 spiro atoms. The first-order chi connectivity index (χ1) is 10.8. The average Bonchev–Trinajstić information content (AvgIpc) is 2.55. The molecule has 0 aromatic carbocycles. The van der Waals surface area contributed by atoms with Crippen molar-refractivity contribution in [1.82, 2.24) is 18.4 Å². The molecule has 0 unspecified atom stereocenters. The molecule has 2 aliphatic heterocycles. The lowest BCUT2D eigenvalue weighted by Crippen LogP contribution is -2.49. The highest BCUT2D eigenvalue weighted by Crippen LogP contribution is 2.24. The molecule has 0 aromatic rings. The summed E-state index contributed by atoms with van der Waals surface area (Å²) in [5, 5.41) is 0. The Morgan fingerprint density at radius 1 is 1.04 bits per heavy atom. The van der Waals surface area contributed by atoms with Crippen molar-refractivity contribution in [3.05, 3.63) is 0 Å². The van der Waals surface area contributed by atoms with Crippen molar-refractivity contribution in [2.75, 3.05) is 59.9 Å². The maximum atomic E-state index is 12.4. The summed E-state index contributed by atoms with van der Waals surface area (Å²) in [7, 11) is -0.203. The van der Waals surface area contributed by atoms with Crippen LogP contribution in [0.4, 0.5) is 0 Å². The molecule has 2 fully saturated rings. The summed E-state index contributed by atoms with van der Waals surface area (Å²) in [5.74, 6) is 0.537. The van der Waals surface area contributed by atoms with Crippen LogP contribution in [0.1, 0.15) is 26.2 Å². The number of carbonyl (C=O) groups is 1. The van der Waals surface area contributed by atoms with Gasteiger partial charge < -0.3 is 9.80 Å². The van der Waals surface area contributed by atoms with Crippen molar-refractivity contribution in [1.29, 1.82) is 0 Å². The van der Waals surface area contributed by atoms with Crippen LogP contribution in [0.25, 0.3) is 0 Å². The molecule has 23 heavy (non-hydrogen) atoms. The van der Waals surface area contributed by atoms with E-state index in [1.165, 1.54) is 8.61 Å². The minimum absolute atomic E-state index is 0.231. The van der Waals surface area contributed by atoms with E-state index in [1.807, 2.05) is 4.90 Å². The molecule has 2 aliphatic rings.